The molecule has 2 amide bonds. The van der Waals surface area contributed by atoms with Crippen LogP contribution in [0.4, 0.5) is 13.6 Å². The normalized spacial score (nSPS) is 25.8. The Labute approximate surface area is 160 Å². The van der Waals surface area contributed by atoms with Gasteiger partial charge in [-0.15, -0.1) is 8.78 Å². The number of benzene rings is 1. The average molecular weight is 396 g/mol. The van der Waals surface area contributed by atoms with Gasteiger partial charge in [0.15, 0.2) is 11.5 Å². The maximum absolute atomic E-state index is 13.2. The third kappa shape index (κ3) is 3.70. The molecule has 152 valence electrons. The van der Waals surface area contributed by atoms with E-state index in [1.165, 1.54) is 13.2 Å². The number of piperidine rings is 1. The number of methoxy groups -OCH3 is 1. The van der Waals surface area contributed by atoms with E-state index < -0.39 is 12.4 Å². The number of nitrogens with zero attached hydrogens (tertiary/aromatic N) is 1. The molecule has 3 aliphatic rings. The number of halogens is 2. The predicted octanol–water partition coefficient (Wildman–Crippen LogP) is 2.85. The molecule has 1 saturated heterocycles. The summed E-state index contributed by atoms with van der Waals surface area (Å²) in [6, 6.07) is 4.88. The van der Waals surface area contributed by atoms with E-state index in [0.29, 0.717) is 25.9 Å². The van der Waals surface area contributed by atoms with Crippen molar-refractivity contribution in [2.45, 2.75) is 43.9 Å². The molecule has 2 heterocycles. The molecule has 0 spiro atoms. The lowest BCUT2D eigenvalue weighted by molar-refractivity contribution is -0.286. The van der Waals surface area contributed by atoms with Crippen LogP contribution in [-0.4, -0.2) is 49.4 Å². The molecule has 1 N–H and O–H groups in total. The van der Waals surface area contributed by atoms with Gasteiger partial charge in [0.05, 0.1) is 7.11 Å². The second kappa shape index (κ2) is 7.10. The van der Waals surface area contributed by atoms with Gasteiger partial charge in [0, 0.05) is 25.0 Å². The van der Waals surface area contributed by atoms with Gasteiger partial charge >= 0.3 is 12.4 Å². The summed E-state index contributed by atoms with van der Waals surface area (Å²) in [7, 11) is 1.31. The molecule has 0 unspecified atom stereocenters. The number of rotatable bonds is 3. The smallest absolute Gasteiger partial charge is 0.453 e. The lowest BCUT2D eigenvalue weighted by Crippen LogP contribution is -2.51. The molecule has 1 aromatic carbocycles. The first-order valence-electron chi connectivity index (χ1n) is 9.37. The van der Waals surface area contributed by atoms with Crippen LogP contribution in [0.5, 0.6) is 11.5 Å². The Bertz CT molecular complexity index is 774. The lowest BCUT2D eigenvalue weighted by atomic mass is 9.78. The van der Waals surface area contributed by atoms with Crippen molar-refractivity contribution in [3.8, 4) is 11.5 Å². The number of ether oxygens (including phenoxy) is 3. The van der Waals surface area contributed by atoms with Crippen LogP contribution >= 0.6 is 0 Å². The van der Waals surface area contributed by atoms with Gasteiger partial charge in [-0.3, -0.25) is 4.79 Å². The molecule has 1 aromatic rings. The molecule has 28 heavy (non-hydrogen) atoms. The van der Waals surface area contributed by atoms with E-state index in [0.717, 1.165) is 18.4 Å². The maximum atomic E-state index is 13.2. The lowest BCUT2D eigenvalue weighted by Gasteiger charge is -2.40. The topological polar surface area (TPSA) is 77.1 Å². The van der Waals surface area contributed by atoms with Crippen LogP contribution in [0.25, 0.3) is 0 Å². The molecular weight excluding hydrogens is 374 g/mol. The molecule has 0 bridgehead atoms. The summed E-state index contributed by atoms with van der Waals surface area (Å²) in [6.45, 7) is 1.25. The fourth-order valence-corrected chi connectivity index (χ4v) is 4.07. The Morgan fingerprint density at radius 2 is 1.86 bits per heavy atom. The molecule has 0 aromatic heterocycles. The summed E-state index contributed by atoms with van der Waals surface area (Å²) in [6.07, 6.45) is -1.30. The highest BCUT2D eigenvalue weighted by Gasteiger charge is 2.44. The molecule has 0 radical (unpaired) electrons. The van der Waals surface area contributed by atoms with E-state index >= 15 is 0 Å². The first-order valence-corrected chi connectivity index (χ1v) is 9.37. The zero-order chi connectivity index (χ0) is 19.9. The Morgan fingerprint density at radius 3 is 2.54 bits per heavy atom. The molecule has 1 saturated carbocycles. The van der Waals surface area contributed by atoms with Gasteiger partial charge in [-0.2, -0.15) is 0 Å². The molecule has 0 atom stereocenters. The average Bonchev–Trinajstić information content (AvgIpc) is 2.96. The summed E-state index contributed by atoms with van der Waals surface area (Å²) in [4.78, 5) is 25.7. The number of hydrogen-bond acceptors (Lipinski definition) is 5. The fraction of sp³-hybridized carbons (Fsp3) is 0.579. The SMILES string of the molecule is COC(=O)NC1CC(C(=O)N2CCC(c3ccc4c(c3)OC(F)(F)O4)CC2)C1. The number of amides is 2. The maximum Gasteiger partial charge on any atom is 0.586 e. The zero-order valence-corrected chi connectivity index (χ0v) is 15.5. The van der Waals surface area contributed by atoms with Gasteiger partial charge in [-0.05, 0) is 49.3 Å². The van der Waals surface area contributed by atoms with Crippen molar-refractivity contribution in [1.82, 2.24) is 10.2 Å². The molecular formula is C19H22F2N2O5. The molecule has 9 heteroatoms. The second-order valence-corrected chi connectivity index (χ2v) is 7.47. The summed E-state index contributed by atoms with van der Waals surface area (Å²) < 4.78 is 39.8. The molecule has 7 nitrogen and oxygen atoms in total. The van der Waals surface area contributed by atoms with Crippen molar-refractivity contribution < 1.29 is 32.6 Å². The van der Waals surface area contributed by atoms with Crippen LogP contribution in [0.1, 0.15) is 37.2 Å². The Kier molecular flexibility index (Phi) is 4.76. The Hall–Kier alpha value is -2.58. The summed E-state index contributed by atoms with van der Waals surface area (Å²) in [5.74, 6) is 0.335. The Balaban J connectivity index is 1.28. The first kappa shape index (κ1) is 18.8. The minimum absolute atomic E-state index is 0.00861. The van der Waals surface area contributed by atoms with Crippen LogP contribution in [0.2, 0.25) is 0 Å². The number of alkyl carbamates (subject to hydrolysis) is 1. The van der Waals surface area contributed by atoms with Gasteiger partial charge in [-0.25, -0.2) is 4.79 Å². The summed E-state index contributed by atoms with van der Waals surface area (Å²) >= 11 is 0. The van der Waals surface area contributed by atoms with Crippen LogP contribution in [0.3, 0.4) is 0 Å². The van der Waals surface area contributed by atoms with Crippen LogP contribution in [0, 0.1) is 5.92 Å². The quantitative estimate of drug-likeness (QED) is 0.850. The third-order valence-electron chi connectivity index (χ3n) is 5.70. The molecule has 4 rings (SSSR count). The second-order valence-electron chi connectivity index (χ2n) is 7.47. The number of alkyl halides is 2. The van der Waals surface area contributed by atoms with E-state index in [1.54, 1.807) is 12.1 Å². The van der Waals surface area contributed by atoms with Crippen molar-refractivity contribution in [3.63, 3.8) is 0 Å². The fourth-order valence-electron chi connectivity index (χ4n) is 4.07. The van der Waals surface area contributed by atoms with E-state index in [9.17, 15) is 18.4 Å². The molecule has 2 aliphatic heterocycles. The number of hydrogen-bond donors (Lipinski definition) is 1. The highest BCUT2D eigenvalue weighted by molar-refractivity contribution is 5.80. The number of fused-ring (bicyclic) bond motifs is 1. The number of likely N-dealkylation sites (tertiary alicyclic amines) is 1. The number of carbonyl (C=O) groups excluding carboxylic acids is 2. The van der Waals surface area contributed by atoms with E-state index in [2.05, 4.69) is 19.5 Å². The standard InChI is InChI=1S/C19H22F2N2O5/c1-26-18(25)22-14-8-13(9-14)17(24)23-6-4-11(5-7-23)12-2-3-15-16(10-12)28-19(20,21)27-15/h2-3,10-11,13-14H,4-9H2,1H3,(H,22,25). The zero-order valence-electron chi connectivity index (χ0n) is 15.5. The van der Waals surface area contributed by atoms with E-state index in [1.807, 2.05) is 4.90 Å². The van der Waals surface area contributed by atoms with Crippen LogP contribution < -0.4 is 14.8 Å². The monoisotopic (exact) mass is 396 g/mol. The van der Waals surface area contributed by atoms with Gasteiger partial charge in [0.2, 0.25) is 5.91 Å². The van der Waals surface area contributed by atoms with Crippen molar-refractivity contribution >= 4 is 12.0 Å². The largest absolute Gasteiger partial charge is 0.586 e. The number of nitrogens with one attached hydrogen (secondary N) is 1. The van der Waals surface area contributed by atoms with E-state index in [-0.39, 0.29) is 35.3 Å². The van der Waals surface area contributed by atoms with Crippen molar-refractivity contribution in [2.75, 3.05) is 20.2 Å². The van der Waals surface area contributed by atoms with Gasteiger partial charge < -0.3 is 24.4 Å². The van der Waals surface area contributed by atoms with Crippen LogP contribution in [0.15, 0.2) is 18.2 Å². The third-order valence-corrected chi connectivity index (χ3v) is 5.70. The Morgan fingerprint density at radius 1 is 1.18 bits per heavy atom. The highest BCUT2D eigenvalue weighted by Crippen LogP contribution is 2.43. The first-order chi connectivity index (χ1) is 13.3. The van der Waals surface area contributed by atoms with Crippen molar-refractivity contribution in [1.29, 1.82) is 0 Å². The summed E-state index contributed by atoms with van der Waals surface area (Å²) in [5, 5.41) is 2.70. The van der Waals surface area contributed by atoms with Crippen LogP contribution in [-0.2, 0) is 9.53 Å². The molecule has 2 fully saturated rings. The number of carbonyl (C=O) groups is 2. The minimum atomic E-state index is -3.61. The van der Waals surface area contributed by atoms with Gasteiger partial charge in [-0.1, -0.05) is 6.07 Å². The molecule has 1 aliphatic carbocycles. The summed E-state index contributed by atoms with van der Waals surface area (Å²) in [5.41, 5.74) is 0.915. The van der Waals surface area contributed by atoms with Gasteiger partial charge in [0.1, 0.15) is 0 Å². The minimum Gasteiger partial charge on any atom is -0.453 e. The van der Waals surface area contributed by atoms with Crippen molar-refractivity contribution in [2.24, 2.45) is 5.92 Å². The highest BCUT2D eigenvalue weighted by atomic mass is 19.3. The predicted molar refractivity (Wildman–Crippen MR) is 93.3 cm³/mol. The van der Waals surface area contributed by atoms with Crippen molar-refractivity contribution in [3.05, 3.63) is 23.8 Å². The van der Waals surface area contributed by atoms with Gasteiger partial charge in [0.25, 0.3) is 0 Å². The van der Waals surface area contributed by atoms with E-state index in [4.69, 9.17) is 0 Å².